The van der Waals surface area contributed by atoms with Gasteiger partial charge in [-0.15, -0.1) is 6.58 Å². The Labute approximate surface area is 118 Å². The molecule has 1 rings (SSSR count). The maximum Gasteiger partial charge on any atom is 0.241 e. The van der Waals surface area contributed by atoms with Crippen molar-refractivity contribution in [3.05, 3.63) is 39.3 Å². The second-order valence-corrected chi connectivity index (χ2v) is 5.43. The van der Waals surface area contributed by atoms with Gasteiger partial charge in [0.15, 0.2) is 0 Å². The highest BCUT2D eigenvalue weighted by atomic mass is 79.9. The molecule has 1 amide bonds. The van der Waals surface area contributed by atoms with Gasteiger partial charge in [-0.3, -0.25) is 4.79 Å². The summed E-state index contributed by atoms with van der Waals surface area (Å²) in [6.07, 6.45) is 2.08. The number of hydrogen-bond acceptors (Lipinski definition) is 2. The number of aryl methyl sites for hydroxylation is 1. The molecule has 1 aromatic carbocycles. The molecule has 0 fully saturated rings. The van der Waals surface area contributed by atoms with Gasteiger partial charge in [0.1, 0.15) is 0 Å². The lowest BCUT2D eigenvalue weighted by molar-refractivity contribution is -0.117. The molecule has 0 bridgehead atoms. The van der Waals surface area contributed by atoms with Crippen LogP contribution in [0.2, 0.25) is 0 Å². The lowest BCUT2D eigenvalue weighted by Crippen LogP contribution is -2.35. The Kier molecular flexibility index (Phi) is 5.36. The lowest BCUT2D eigenvalue weighted by Gasteiger charge is -2.13. The molecule has 1 aromatic rings. The van der Waals surface area contributed by atoms with Crippen LogP contribution in [0.3, 0.4) is 0 Å². The number of carbonyl (C=O) groups is 1. The van der Waals surface area contributed by atoms with Gasteiger partial charge >= 0.3 is 0 Å². The molecule has 3 N–H and O–H groups in total. The van der Waals surface area contributed by atoms with Crippen molar-refractivity contribution in [1.82, 2.24) is 0 Å². The van der Waals surface area contributed by atoms with Crippen LogP contribution in [0.1, 0.15) is 12.0 Å². The number of carbonyl (C=O) groups excluding carboxylic acids is 1. The number of benzene rings is 1. The Morgan fingerprint density at radius 2 is 2.06 bits per heavy atom. The second kappa shape index (κ2) is 6.33. The van der Waals surface area contributed by atoms with E-state index in [-0.39, 0.29) is 5.91 Å². The van der Waals surface area contributed by atoms with Crippen LogP contribution in [0.4, 0.5) is 5.69 Å². The fourth-order valence-corrected chi connectivity index (χ4v) is 2.94. The van der Waals surface area contributed by atoms with Gasteiger partial charge in [-0.1, -0.05) is 6.08 Å². The molecule has 92 valence electrons. The summed E-state index contributed by atoms with van der Waals surface area (Å²) >= 11 is 6.82. The summed E-state index contributed by atoms with van der Waals surface area (Å²) in [6.45, 7) is 5.54. The van der Waals surface area contributed by atoms with E-state index >= 15 is 0 Å². The number of amides is 1. The van der Waals surface area contributed by atoms with Crippen LogP contribution in [0.25, 0.3) is 0 Å². The first kappa shape index (κ1) is 14.4. The van der Waals surface area contributed by atoms with Crippen molar-refractivity contribution >= 4 is 43.5 Å². The number of hydrogen-bond donors (Lipinski definition) is 2. The topological polar surface area (TPSA) is 55.1 Å². The third-order valence-electron chi connectivity index (χ3n) is 2.19. The van der Waals surface area contributed by atoms with Gasteiger partial charge in [-0.05, 0) is 62.9 Å². The molecular formula is C12H14Br2N2O. The van der Waals surface area contributed by atoms with Crippen LogP contribution in [-0.2, 0) is 4.79 Å². The van der Waals surface area contributed by atoms with E-state index in [1.54, 1.807) is 6.08 Å². The van der Waals surface area contributed by atoms with Gasteiger partial charge < -0.3 is 11.1 Å². The summed E-state index contributed by atoms with van der Waals surface area (Å²) in [7, 11) is 0. The molecule has 1 atom stereocenters. The lowest BCUT2D eigenvalue weighted by atomic mass is 10.2. The maximum atomic E-state index is 11.8. The molecule has 0 spiro atoms. The van der Waals surface area contributed by atoms with Gasteiger partial charge in [-0.2, -0.15) is 0 Å². The maximum absolute atomic E-state index is 11.8. The van der Waals surface area contributed by atoms with Crippen LogP contribution in [0.15, 0.2) is 33.7 Å². The van der Waals surface area contributed by atoms with Crippen LogP contribution in [-0.4, -0.2) is 11.9 Å². The van der Waals surface area contributed by atoms with E-state index in [2.05, 4.69) is 43.8 Å². The Hall–Kier alpha value is -0.650. The molecule has 3 nitrogen and oxygen atoms in total. The molecule has 0 aliphatic heterocycles. The minimum absolute atomic E-state index is 0.227. The Morgan fingerprint density at radius 1 is 1.53 bits per heavy atom. The summed E-state index contributed by atoms with van der Waals surface area (Å²) < 4.78 is 1.65. The summed E-state index contributed by atoms with van der Waals surface area (Å²) in [5, 5.41) is 2.78. The normalized spacial score (nSPS) is 12.0. The third-order valence-corrected chi connectivity index (χ3v) is 3.44. The van der Waals surface area contributed by atoms with E-state index in [4.69, 9.17) is 5.73 Å². The van der Waals surface area contributed by atoms with Crippen molar-refractivity contribution in [3.63, 3.8) is 0 Å². The summed E-state index contributed by atoms with van der Waals surface area (Å²) in [4.78, 5) is 11.8. The molecule has 0 radical (unpaired) electrons. The minimum atomic E-state index is -0.576. The molecule has 0 saturated heterocycles. The molecule has 0 heterocycles. The van der Waals surface area contributed by atoms with Gasteiger partial charge in [0.05, 0.1) is 11.7 Å². The molecule has 0 aliphatic carbocycles. The van der Waals surface area contributed by atoms with E-state index in [1.165, 1.54) is 0 Å². The fraction of sp³-hybridized carbons (Fsp3) is 0.250. The molecule has 1 unspecified atom stereocenters. The summed E-state index contributed by atoms with van der Waals surface area (Å²) in [5.41, 5.74) is 7.48. The number of anilines is 1. The number of nitrogens with two attached hydrogens (primary N) is 1. The second-order valence-electron chi connectivity index (χ2n) is 3.72. The molecule has 17 heavy (non-hydrogen) atoms. The van der Waals surface area contributed by atoms with Gasteiger partial charge in [0.25, 0.3) is 0 Å². The van der Waals surface area contributed by atoms with E-state index in [1.807, 2.05) is 19.1 Å². The first-order valence-electron chi connectivity index (χ1n) is 5.08. The fourth-order valence-electron chi connectivity index (χ4n) is 1.32. The van der Waals surface area contributed by atoms with Gasteiger partial charge in [0, 0.05) is 8.95 Å². The van der Waals surface area contributed by atoms with Crippen molar-refractivity contribution in [2.24, 2.45) is 5.73 Å². The number of rotatable bonds is 4. The highest BCUT2D eigenvalue weighted by Gasteiger charge is 2.15. The van der Waals surface area contributed by atoms with Crippen molar-refractivity contribution in [1.29, 1.82) is 0 Å². The highest BCUT2D eigenvalue weighted by molar-refractivity contribution is 9.11. The zero-order valence-electron chi connectivity index (χ0n) is 9.47. The Bertz CT molecular complexity index is 423. The Morgan fingerprint density at radius 3 is 2.53 bits per heavy atom. The van der Waals surface area contributed by atoms with Crippen LogP contribution < -0.4 is 11.1 Å². The van der Waals surface area contributed by atoms with Crippen LogP contribution in [0.5, 0.6) is 0 Å². The first-order chi connectivity index (χ1) is 7.95. The molecular weight excluding hydrogens is 348 g/mol. The first-order valence-corrected chi connectivity index (χ1v) is 6.67. The Balaban J connectivity index is 2.88. The minimum Gasteiger partial charge on any atom is -0.323 e. The van der Waals surface area contributed by atoms with Gasteiger partial charge in [-0.25, -0.2) is 0 Å². The predicted octanol–water partition coefficient (Wildman–Crippen LogP) is 3.36. The van der Waals surface area contributed by atoms with Crippen molar-refractivity contribution in [2.75, 3.05) is 5.32 Å². The van der Waals surface area contributed by atoms with E-state index in [0.717, 1.165) is 14.5 Å². The summed E-state index contributed by atoms with van der Waals surface area (Å²) in [5.74, 6) is -0.227. The number of halogens is 2. The van der Waals surface area contributed by atoms with Gasteiger partial charge in [0.2, 0.25) is 5.91 Å². The average Bonchev–Trinajstić information content (AvgIpc) is 2.23. The van der Waals surface area contributed by atoms with Crippen molar-refractivity contribution < 1.29 is 4.79 Å². The number of nitrogens with one attached hydrogen (secondary N) is 1. The van der Waals surface area contributed by atoms with E-state index in [9.17, 15) is 4.79 Å². The van der Waals surface area contributed by atoms with Crippen molar-refractivity contribution in [3.8, 4) is 0 Å². The van der Waals surface area contributed by atoms with Crippen molar-refractivity contribution in [2.45, 2.75) is 19.4 Å². The van der Waals surface area contributed by atoms with Crippen LogP contribution >= 0.6 is 31.9 Å². The van der Waals surface area contributed by atoms with E-state index < -0.39 is 6.04 Å². The molecule has 0 aliphatic rings. The highest BCUT2D eigenvalue weighted by Crippen LogP contribution is 2.32. The largest absolute Gasteiger partial charge is 0.323 e. The third kappa shape index (κ3) is 3.94. The zero-order chi connectivity index (χ0) is 13.0. The quantitative estimate of drug-likeness (QED) is 0.808. The monoisotopic (exact) mass is 360 g/mol. The SMILES string of the molecule is C=CCC(N)C(=O)Nc1c(Br)cc(C)cc1Br. The molecule has 0 aromatic heterocycles. The predicted molar refractivity (Wildman–Crippen MR) is 78.0 cm³/mol. The van der Waals surface area contributed by atoms with E-state index in [0.29, 0.717) is 12.1 Å². The molecule has 5 heteroatoms. The zero-order valence-corrected chi connectivity index (χ0v) is 12.6. The molecule has 0 saturated carbocycles. The smallest absolute Gasteiger partial charge is 0.241 e. The standard InChI is InChI=1S/C12H14Br2N2O/c1-3-4-10(15)12(17)16-11-8(13)5-7(2)6-9(11)14/h3,5-6,10H,1,4,15H2,2H3,(H,16,17). The van der Waals surface area contributed by atoms with Crippen LogP contribution in [0, 0.1) is 6.92 Å². The summed E-state index contributed by atoms with van der Waals surface area (Å²) in [6, 6.07) is 3.28. The average molecular weight is 362 g/mol.